The third kappa shape index (κ3) is 5.03. The van der Waals surface area contributed by atoms with E-state index in [1.807, 2.05) is 20.0 Å². The smallest absolute Gasteiger partial charge is 0.224 e. The molecule has 3 aliphatic rings. The minimum Gasteiger partial charge on any atom is -0.353 e. The van der Waals surface area contributed by atoms with Crippen molar-refractivity contribution in [1.82, 2.24) is 30.4 Å². The highest BCUT2D eigenvalue weighted by atomic mass is 16.2. The Labute approximate surface area is 179 Å². The molecule has 3 atom stereocenters. The highest BCUT2D eigenvalue weighted by Crippen LogP contribution is 2.25. The molecule has 3 aliphatic heterocycles. The Morgan fingerprint density at radius 3 is 2.70 bits per heavy atom. The van der Waals surface area contributed by atoms with Crippen LogP contribution in [0.3, 0.4) is 0 Å². The maximum atomic E-state index is 12.8. The number of hydrogen-bond donors (Lipinski definition) is 3. The molecule has 2 saturated heterocycles. The third-order valence-corrected chi connectivity index (χ3v) is 6.93. The largest absolute Gasteiger partial charge is 0.353 e. The Hall–Kier alpha value is -1.93. The molecule has 4 rings (SSSR count). The molecule has 8 heteroatoms. The van der Waals surface area contributed by atoms with Crippen molar-refractivity contribution in [3.8, 4) is 0 Å². The normalized spacial score (nSPS) is 28.2. The van der Waals surface area contributed by atoms with Crippen LogP contribution in [0.5, 0.6) is 0 Å². The van der Waals surface area contributed by atoms with Crippen molar-refractivity contribution in [2.75, 3.05) is 19.6 Å². The zero-order valence-electron chi connectivity index (χ0n) is 18.3. The summed E-state index contributed by atoms with van der Waals surface area (Å²) in [7, 11) is 0. The van der Waals surface area contributed by atoms with Gasteiger partial charge in [-0.2, -0.15) is 0 Å². The lowest BCUT2D eigenvalue weighted by molar-refractivity contribution is -0.127. The number of amides is 2. The van der Waals surface area contributed by atoms with Crippen LogP contribution in [0.2, 0.25) is 0 Å². The van der Waals surface area contributed by atoms with Crippen LogP contribution in [-0.4, -0.2) is 64.1 Å². The molecule has 0 spiro atoms. The highest BCUT2D eigenvalue weighted by Gasteiger charge is 2.32. The molecule has 2 amide bonds. The minimum atomic E-state index is -0.0565. The average molecular weight is 417 g/mol. The molecule has 3 unspecified atom stereocenters. The number of piperidine rings is 2. The molecule has 0 bridgehead atoms. The number of fused-ring (bicyclic) bond motifs is 1. The fraction of sp³-hybridized carbons (Fsp3) is 0.773. The fourth-order valence-electron chi connectivity index (χ4n) is 4.99. The van der Waals surface area contributed by atoms with Crippen LogP contribution in [-0.2, 0) is 22.6 Å². The summed E-state index contributed by atoms with van der Waals surface area (Å²) in [6, 6.07) is 0.682. The molecule has 0 saturated carbocycles. The molecule has 4 heterocycles. The van der Waals surface area contributed by atoms with E-state index >= 15 is 0 Å². The second kappa shape index (κ2) is 9.47. The molecule has 1 aromatic heterocycles. The Morgan fingerprint density at radius 2 is 1.93 bits per heavy atom. The summed E-state index contributed by atoms with van der Waals surface area (Å²) in [4.78, 5) is 31.9. The van der Waals surface area contributed by atoms with Gasteiger partial charge in [-0.15, -0.1) is 0 Å². The zero-order chi connectivity index (χ0) is 21.1. The number of nitrogens with zero attached hydrogens (tertiary/aromatic N) is 3. The van der Waals surface area contributed by atoms with Crippen molar-refractivity contribution in [2.24, 2.45) is 11.8 Å². The maximum Gasteiger partial charge on any atom is 0.224 e. The van der Waals surface area contributed by atoms with Gasteiger partial charge in [0.15, 0.2) is 0 Å². The summed E-state index contributed by atoms with van der Waals surface area (Å²) >= 11 is 0. The predicted octanol–water partition coefficient (Wildman–Crippen LogP) is 0.876. The number of aromatic nitrogens is 2. The standard InChI is InChI=1S/C22H36N6O2/c1-15(2)21(29)25-17-3-7-23-19(13-17)26-22(30)16-4-9-27(10-5-16)18-6-11-28-12-8-24-20(28)14-18/h8,12,15-19,23H,3-7,9-11,13-14H2,1-2H3,(H,25,29)(H,26,30). The Balaban J connectivity index is 1.21. The SMILES string of the molecule is CC(C)C(=O)NC1CCNC(NC(=O)C2CCN(C3CCn4ccnc4C3)CC2)C1. The maximum absolute atomic E-state index is 12.8. The van der Waals surface area contributed by atoms with Gasteiger partial charge in [0.05, 0.1) is 6.17 Å². The summed E-state index contributed by atoms with van der Waals surface area (Å²) < 4.78 is 2.25. The van der Waals surface area contributed by atoms with Gasteiger partial charge in [0, 0.05) is 55.7 Å². The van der Waals surface area contributed by atoms with Gasteiger partial charge in [0.1, 0.15) is 5.82 Å². The average Bonchev–Trinajstić information content (AvgIpc) is 3.22. The molecular formula is C22H36N6O2. The summed E-state index contributed by atoms with van der Waals surface area (Å²) in [5.41, 5.74) is 0. The van der Waals surface area contributed by atoms with Crippen molar-refractivity contribution in [3.63, 3.8) is 0 Å². The van der Waals surface area contributed by atoms with E-state index in [1.54, 1.807) is 0 Å². The summed E-state index contributed by atoms with van der Waals surface area (Å²) in [6.45, 7) is 7.63. The van der Waals surface area contributed by atoms with Crippen molar-refractivity contribution in [2.45, 2.75) is 77.2 Å². The molecule has 2 fully saturated rings. The van der Waals surface area contributed by atoms with Gasteiger partial charge in [0.25, 0.3) is 0 Å². The Morgan fingerprint density at radius 1 is 1.13 bits per heavy atom. The van der Waals surface area contributed by atoms with Gasteiger partial charge >= 0.3 is 0 Å². The first-order chi connectivity index (χ1) is 14.5. The lowest BCUT2D eigenvalue weighted by atomic mass is 9.92. The van der Waals surface area contributed by atoms with Crippen molar-refractivity contribution >= 4 is 11.8 Å². The van der Waals surface area contributed by atoms with Crippen LogP contribution in [0, 0.1) is 11.8 Å². The molecule has 166 valence electrons. The van der Waals surface area contributed by atoms with Crippen molar-refractivity contribution in [3.05, 3.63) is 18.2 Å². The van der Waals surface area contributed by atoms with E-state index in [9.17, 15) is 9.59 Å². The monoisotopic (exact) mass is 416 g/mol. The van der Waals surface area contributed by atoms with Crippen LogP contribution in [0.25, 0.3) is 0 Å². The van der Waals surface area contributed by atoms with Crippen LogP contribution >= 0.6 is 0 Å². The van der Waals surface area contributed by atoms with Crippen molar-refractivity contribution < 1.29 is 9.59 Å². The number of likely N-dealkylation sites (tertiary alicyclic amines) is 1. The number of aryl methyl sites for hydroxylation is 1. The van der Waals surface area contributed by atoms with E-state index in [2.05, 4.69) is 36.6 Å². The molecule has 0 aliphatic carbocycles. The van der Waals surface area contributed by atoms with Gasteiger partial charge in [-0.1, -0.05) is 13.8 Å². The van der Waals surface area contributed by atoms with Gasteiger partial charge in [-0.25, -0.2) is 4.98 Å². The molecule has 0 aromatic carbocycles. The number of hydrogen-bond acceptors (Lipinski definition) is 5. The van der Waals surface area contributed by atoms with E-state index < -0.39 is 0 Å². The van der Waals surface area contributed by atoms with E-state index in [1.165, 1.54) is 5.82 Å². The van der Waals surface area contributed by atoms with Crippen LogP contribution < -0.4 is 16.0 Å². The van der Waals surface area contributed by atoms with E-state index in [-0.39, 0.29) is 35.9 Å². The van der Waals surface area contributed by atoms with Gasteiger partial charge in [-0.05, 0) is 45.3 Å². The third-order valence-electron chi connectivity index (χ3n) is 6.93. The lowest BCUT2D eigenvalue weighted by Gasteiger charge is -2.39. The second-order valence-electron chi connectivity index (χ2n) is 9.39. The Bertz CT molecular complexity index is 740. The number of carbonyl (C=O) groups excluding carboxylic acids is 2. The van der Waals surface area contributed by atoms with E-state index in [0.29, 0.717) is 6.04 Å². The molecule has 30 heavy (non-hydrogen) atoms. The molecule has 8 nitrogen and oxygen atoms in total. The van der Waals surface area contributed by atoms with Gasteiger partial charge in [-0.3, -0.25) is 19.8 Å². The molecular weight excluding hydrogens is 380 g/mol. The topological polar surface area (TPSA) is 91.3 Å². The fourth-order valence-corrected chi connectivity index (χ4v) is 4.99. The molecule has 0 radical (unpaired) electrons. The Kier molecular flexibility index (Phi) is 6.73. The van der Waals surface area contributed by atoms with Crippen LogP contribution in [0.1, 0.15) is 51.8 Å². The second-order valence-corrected chi connectivity index (χ2v) is 9.39. The zero-order valence-corrected chi connectivity index (χ0v) is 18.3. The first-order valence-electron chi connectivity index (χ1n) is 11.6. The highest BCUT2D eigenvalue weighted by molar-refractivity contribution is 5.79. The number of imidazole rings is 1. The number of rotatable bonds is 5. The first kappa shape index (κ1) is 21.3. The first-order valence-corrected chi connectivity index (χ1v) is 11.6. The van der Waals surface area contributed by atoms with Crippen LogP contribution in [0.4, 0.5) is 0 Å². The van der Waals surface area contributed by atoms with Crippen LogP contribution in [0.15, 0.2) is 12.4 Å². The summed E-state index contributed by atoms with van der Waals surface area (Å²) in [6.07, 6.45) is 9.56. The quantitative estimate of drug-likeness (QED) is 0.663. The predicted molar refractivity (Wildman–Crippen MR) is 115 cm³/mol. The minimum absolute atomic E-state index is 0.0117. The van der Waals surface area contributed by atoms with Crippen molar-refractivity contribution in [1.29, 1.82) is 0 Å². The van der Waals surface area contributed by atoms with E-state index in [4.69, 9.17) is 0 Å². The van der Waals surface area contributed by atoms with Gasteiger partial charge < -0.3 is 15.2 Å². The van der Waals surface area contributed by atoms with Gasteiger partial charge in [0.2, 0.25) is 11.8 Å². The summed E-state index contributed by atoms with van der Waals surface area (Å²) in [5, 5.41) is 9.68. The lowest BCUT2D eigenvalue weighted by Crippen LogP contribution is -2.56. The van der Waals surface area contributed by atoms with E-state index in [0.717, 1.165) is 64.7 Å². The molecule has 1 aromatic rings. The number of nitrogens with one attached hydrogen (secondary N) is 3. The number of carbonyl (C=O) groups is 2. The summed E-state index contributed by atoms with van der Waals surface area (Å²) in [5.74, 6) is 1.50. The molecule has 3 N–H and O–H groups in total.